The lowest BCUT2D eigenvalue weighted by atomic mass is 10.1. The van der Waals surface area contributed by atoms with Crippen molar-refractivity contribution in [2.24, 2.45) is 0 Å². The minimum atomic E-state index is -3.54. The van der Waals surface area contributed by atoms with Gasteiger partial charge in [0.25, 0.3) is 0 Å². The average molecular weight is 296 g/mol. The van der Waals surface area contributed by atoms with Crippen LogP contribution in [0.1, 0.15) is 16.0 Å². The highest BCUT2D eigenvalue weighted by Gasteiger charge is 2.18. The molecule has 2 aromatic rings. The van der Waals surface area contributed by atoms with Crippen molar-refractivity contribution in [2.75, 3.05) is 5.73 Å². The van der Waals surface area contributed by atoms with Crippen LogP contribution in [-0.2, 0) is 16.6 Å². The fourth-order valence-electron chi connectivity index (χ4n) is 1.79. The predicted octanol–water partition coefficient (Wildman–Crippen LogP) is 2.43. The Labute approximate surface area is 117 Å². The van der Waals surface area contributed by atoms with E-state index in [9.17, 15) is 8.42 Å². The van der Waals surface area contributed by atoms with Crippen molar-refractivity contribution >= 4 is 27.0 Å². The van der Waals surface area contributed by atoms with E-state index in [2.05, 4.69) is 4.72 Å². The largest absolute Gasteiger partial charge is 0.399 e. The molecule has 1 aromatic carbocycles. The van der Waals surface area contributed by atoms with Crippen LogP contribution in [0.2, 0.25) is 0 Å². The molecule has 0 aliphatic carbocycles. The molecule has 6 heteroatoms. The molecule has 0 aliphatic heterocycles. The van der Waals surface area contributed by atoms with Crippen LogP contribution in [0.25, 0.3) is 0 Å². The van der Waals surface area contributed by atoms with Crippen molar-refractivity contribution in [3.8, 4) is 0 Å². The number of sulfonamides is 1. The number of nitrogens with one attached hydrogen (secondary N) is 1. The van der Waals surface area contributed by atoms with Crippen molar-refractivity contribution in [1.82, 2.24) is 4.72 Å². The van der Waals surface area contributed by atoms with Gasteiger partial charge in [0.05, 0.1) is 4.90 Å². The third-order valence-electron chi connectivity index (χ3n) is 2.95. The van der Waals surface area contributed by atoms with E-state index < -0.39 is 10.0 Å². The van der Waals surface area contributed by atoms with Gasteiger partial charge >= 0.3 is 0 Å². The number of rotatable bonds is 4. The Morgan fingerprint density at radius 2 is 2.05 bits per heavy atom. The maximum Gasteiger partial charge on any atom is 0.241 e. The molecule has 0 amide bonds. The number of nitrogens with two attached hydrogens (primary N) is 1. The van der Waals surface area contributed by atoms with Crippen LogP contribution in [0.4, 0.5) is 5.69 Å². The molecule has 19 heavy (non-hydrogen) atoms. The third-order valence-corrected chi connectivity index (χ3v) is 5.35. The summed E-state index contributed by atoms with van der Waals surface area (Å²) in [6.07, 6.45) is 0. The summed E-state index contributed by atoms with van der Waals surface area (Å²) in [6, 6.07) is 7.06. The zero-order chi connectivity index (χ0) is 14.0. The molecule has 1 aromatic heterocycles. The molecule has 0 spiro atoms. The lowest BCUT2D eigenvalue weighted by molar-refractivity contribution is 0.581. The van der Waals surface area contributed by atoms with Gasteiger partial charge in [0.15, 0.2) is 0 Å². The summed E-state index contributed by atoms with van der Waals surface area (Å²) in [5.74, 6) is 0. The number of thiophene rings is 1. The van der Waals surface area contributed by atoms with Gasteiger partial charge < -0.3 is 5.73 Å². The summed E-state index contributed by atoms with van der Waals surface area (Å²) < 4.78 is 27.2. The van der Waals surface area contributed by atoms with E-state index in [1.807, 2.05) is 24.4 Å². The normalized spacial score (nSPS) is 11.7. The summed E-state index contributed by atoms with van der Waals surface area (Å²) in [5.41, 5.74) is 7.78. The molecule has 4 nitrogen and oxygen atoms in total. The first-order valence-corrected chi connectivity index (χ1v) is 8.15. The molecule has 0 aliphatic rings. The first kappa shape index (κ1) is 14.0. The highest BCUT2D eigenvalue weighted by atomic mass is 32.2. The molecule has 0 fully saturated rings. The molecule has 0 atom stereocenters. The van der Waals surface area contributed by atoms with Crippen LogP contribution in [0, 0.1) is 13.8 Å². The van der Waals surface area contributed by atoms with Crippen molar-refractivity contribution in [1.29, 1.82) is 0 Å². The lowest BCUT2D eigenvalue weighted by Gasteiger charge is -2.11. The second kappa shape index (κ2) is 5.32. The predicted molar refractivity (Wildman–Crippen MR) is 78.7 cm³/mol. The number of anilines is 1. The van der Waals surface area contributed by atoms with Gasteiger partial charge in [-0.15, -0.1) is 11.3 Å². The number of benzene rings is 1. The van der Waals surface area contributed by atoms with Crippen LogP contribution in [-0.4, -0.2) is 8.42 Å². The molecule has 0 bridgehead atoms. The Kier molecular flexibility index (Phi) is 3.93. The second-order valence-corrected chi connectivity index (χ2v) is 7.13. The van der Waals surface area contributed by atoms with Crippen LogP contribution < -0.4 is 10.5 Å². The molecule has 102 valence electrons. The molecule has 0 radical (unpaired) electrons. The number of nitrogen functional groups attached to an aromatic ring is 1. The Bertz CT molecular complexity index is 677. The molecule has 0 unspecified atom stereocenters. The Hall–Kier alpha value is -1.37. The standard InChI is InChI=1S/C13H16N2O2S2/c1-9-6-11(14)7-13(10(9)2)19(16,17)15-8-12-4-3-5-18-12/h3-7,15H,8,14H2,1-2H3. The van der Waals surface area contributed by atoms with Gasteiger partial charge in [-0.3, -0.25) is 0 Å². The fourth-order valence-corrected chi connectivity index (χ4v) is 3.88. The third kappa shape index (κ3) is 3.15. The van der Waals surface area contributed by atoms with Crippen LogP contribution in [0.3, 0.4) is 0 Å². The Morgan fingerprint density at radius 1 is 1.32 bits per heavy atom. The summed E-state index contributed by atoms with van der Waals surface area (Å²) >= 11 is 1.52. The minimum absolute atomic E-state index is 0.251. The van der Waals surface area contributed by atoms with E-state index in [-0.39, 0.29) is 4.90 Å². The zero-order valence-electron chi connectivity index (χ0n) is 10.8. The molecule has 3 N–H and O–H groups in total. The van der Waals surface area contributed by atoms with Crippen molar-refractivity contribution in [2.45, 2.75) is 25.3 Å². The Balaban J connectivity index is 2.29. The summed E-state index contributed by atoms with van der Waals surface area (Å²) in [4.78, 5) is 1.23. The van der Waals surface area contributed by atoms with Gasteiger partial charge in [-0.2, -0.15) is 0 Å². The molecule has 2 rings (SSSR count). The Morgan fingerprint density at radius 3 is 2.68 bits per heavy atom. The highest BCUT2D eigenvalue weighted by Crippen LogP contribution is 2.22. The number of hydrogen-bond acceptors (Lipinski definition) is 4. The number of hydrogen-bond donors (Lipinski definition) is 2. The van der Waals surface area contributed by atoms with E-state index in [1.165, 1.54) is 17.4 Å². The minimum Gasteiger partial charge on any atom is -0.399 e. The topological polar surface area (TPSA) is 72.2 Å². The van der Waals surface area contributed by atoms with Gasteiger partial charge in [0.1, 0.15) is 0 Å². The average Bonchev–Trinajstić information content (AvgIpc) is 2.84. The summed E-state index contributed by atoms with van der Waals surface area (Å²) in [7, 11) is -3.54. The maximum absolute atomic E-state index is 12.3. The zero-order valence-corrected chi connectivity index (χ0v) is 12.4. The highest BCUT2D eigenvalue weighted by molar-refractivity contribution is 7.89. The van der Waals surface area contributed by atoms with E-state index in [4.69, 9.17) is 5.73 Å². The van der Waals surface area contributed by atoms with Crippen molar-refractivity contribution in [3.05, 3.63) is 45.6 Å². The summed E-state index contributed by atoms with van der Waals surface area (Å²) in [6.45, 7) is 3.94. The molecule has 0 saturated heterocycles. The van der Waals surface area contributed by atoms with E-state index >= 15 is 0 Å². The van der Waals surface area contributed by atoms with E-state index in [0.717, 1.165) is 16.0 Å². The second-order valence-electron chi connectivity index (χ2n) is 4.36. The van der Waals surface area contributed by atoms with E-state index in [1.54, 1.807) is 13.0 Å². The first-order valence-electron chi connectivity index (χ1n) is 5.79. The van der Waals surface area contributed by atoms with Crippen molar-refractivity contribution in [3.63, 3.8) is 0 Å². The van der Waals surface area contributed by atoms with Gasteiger partial charge in [0, 0.05) is 17.1 Å². The molecule has 1 heterocycles. The first-order chi connectivity index (χ1) is 8.90. The maximum atomic E-state index is 12.3. The van der Waals surface area contributed by atoms with Crippen molar-refractivity contribution < 1.29 is 8.42 Å². The smallest absolute Gasteiger partial charge is 0.241 e. The van der Waals surface area contributed by atoms with E-state index in [0.29, 0.717) is 12.2 Å². The van der Waals surface area contributed by atoms with Gasteiger partial charge in [-0.25, -0.2) is 13.1 Å². The summed E-state index contributed by atoms with van der Waals surface area (Å²) in [5, 5.41) is 1.92. The van der Waals surface area contributed by atoms with Crippen LogP contribution in [0.5, 0.6) is 0 Å². The molecular formula is C13H16N2O2S2. The number of aryl methyl sites for hydroxylation is 1. The SMILES string of the molecule is Cc1cc(N)cc(S(=O)(=O)NCc2cccs2)c1C. The van der Waals surface area contributed by atoms with Crippen LogP contribution in [0.15, 0.2) is 34.5 Å². The van der Waals surface area contributed by atoms with Gasteiger partial charge in [-0.05, 0) is 48.6 Å². The molecular weight excluding hydrogens is 280 g/mol. The lowest BCUT2D eigenvalue weighted by Crippen LogP contribution is -2.24. The van der Waals surface area contributed by atoms with Gasteiger partial charge in [-0.1, -0.05) is 6.07 Å². The molecule has 0 saturated carbocycles. The van der Waals surface area contributed by atoms with Gasteiger partial charge in [0.2, 0.25) is 10.0 Å². The van der Waals surface area contributed by atoms with Crippen LogP contribution >= 0.6 is 11.3 Å². The quantitative estimate of drug-likeness (QED) is 0.851. The fraction of sp³-hybridized carbons (Fsp3) is 0.231. The monoisotopic (exact) mass is 296 g/mol.